The molecule has 0 aliphatic heterocycles. The molecule has 0 saturated carbocycles. The highest BCUT2D eigenvalue weighted by atomic mass is 16.5. The van der Waals surface area contributed by atoms with E-state index < -0.39 is 0 Å². The Bertz CT molecular complexity index is 582. The van der Waals surface area contributed by atoms with Gasteiger partial charge in [0.25, 0.3) is 5.56 Å². The number of ether oxygens (including phenoxy) is 1. The number of aryl methyl sites for hydroxylation is 1. The van der Waals surface area contributed by atoms with E-state index in [0.717, 1.165) is 17.0 Å². The van der Waals surface area contributed by atoms with Gasteiger partial charge >= 0.3 is 0 Å². The number of pyridine rings is 1. The van der Waals surface area contributed by atoms with Crippen molar-refractivity contribution in [2.24, 2.45) is 0 Å². The molecule has 1 aromatic carbocycles. The molecule has 0 atom stereocenters. The molecule has 0 radical (unpaired) electrons. The highest BCUT2D eigenvalue weighted by molar-refractivity contribution is 5.38. The first-order valence-electron chi connectivity index (χ1n) is 6.02. The van der Waals surface area contributed by atoms with Crippen molar-refractivity contribution < 1.29 is 4.74 Å². The van der Waals surface area contributed by atoms with Crippen LogP contribution in [0, 0.1) is 6.92 Å². The molecule has 0 bridgehead atoms. The molecule has 94 valence electrons. The van der Waals surface area contributed by atoms with Gasteiger partial charge in [-0.1, -0.05) is 6.07 Å². The average Bonchev–Trinajstić information content (AvgIpc) is 2.33. The van der Waals surface area contributed by atoms with Gasteiger partial charge in [-0.2, -0.15) is 0 Å². The van der Waals surface area contributed by atoms with Crippen LogP contribution in [-0.2, 0) is 0 Å². The summed E-state index contributed by atoms with van der Waals surface area (Å²) >= 11 is 0. The van der Waals surface area contributed by atoms with Gasteiger partial charge in [-0.3, -0.25) is 9.36 Å². The Hall–Kier alpha value is -2.03. The van der Waals surface area contributed by atoms with Crippen molar-refractivity contribution in [2.75, 3.05) is 0 Å². The van der Waals surface area contributed by atoms with E-state index >= 15 is 0 Å². The minimum atomic E-state index is -0.0295. The van der Waals surface area contributed by atoms with Gasteiger partial charge < -0.3 is 4.74 Å². The molecule has 3 heteroatoms. The SMILES string of the molecule is Cc1ccc(=O)n(-c2ccc(OC(C)C)cc2)c1. The number of hydrogen-bond donors (Lipinski definition) is 0. The van der Waals surface area contributed by atoms with Crippen LogP contribution in [0.3, 0.4) is 0 Å². The molecule has 0 spiro atoms. The molecule has 0 saturated heterocycles. The maximum Gasteiger partial charge on any atom is 0.255 e. The normalized spacial score (nSPS) is 10.7. The molecule has 1 aromatic heterocycles. The van der Waals surface area contributed by atoms with Crippen LogP contribution >= 0.6 is 0 Å². The van der Waals surface area contributed by atoms with Crippen molar-refractivity contribution in [2.45, 2.75) is 26.9 Å². The molecule has 18 heavy (non-hydrogen) atoms. The lowest BCUT2D eigenvalue weighted by molar-refractivity contribution is 0.242. The summed E-state index contributed by atoms with van der Waals surface area (Å²) < 4.78 is 7.21. The van der Waals surface area contributed by atoms with E-state index in [1.54, 1.807) is 10.6 Å². The summed E-state index contributed by atoms with van der Waals surface area (Å²) in [5, 5.41) is 0. The molecule has 2 rings (SSSR count). The first-order chi connectivity index (χ1) is 8.56. The fraction of sp³-hybridized carbons (Fsp3) is 0.267. The third-order valence-electron chi connectivity index (χ3n) is 2.55. The predicted molar refractivity (Wildman–Crippen MR) is 72.5 cm³/mol. The number of aromatic nitrogens is 1. The second kappa shape index (κ2) is 5.08. The van der Waals surface area contributed by atoms with Crippen LogP contribution < -0.4 is 10.3 Å². The van der Waals surface area contributed by atoms with Crippen LogP contribution in [0.4, 0.5) is 0 Å². The zero-order valence-electron chi connectivity index (χ0n) is 10.9. The zero-order valence-corrected chi connectivity index (χ0v) is 10.9. The lowest BCUT2D eigenvalue weighted by atomic mass is 10.2. The van der Waals surface area contributed by atoms with Crippen LogP contribution in [0.5, 0.6) is 5.75 Å². The second-order valence-electron chi connectivity index (χ2n) is 4.58. The quantitative estimate of drug-likeness (QED) is 0.830. The summed E-state index contributed by atoms with van der Waals surface area (Å²) in [4.78, 5) is 11.8. The van der Waals surface area contributed by atoms with Crippen molar-refractivity contribution in [3.63, 3.8) is 0 Å². The van der Waals surface area contributed by atoms with E-state index in [2.05, 4.69) is 0 Å². The van der Waals surface area contributed by atoms with Gasteiger partial charge in [0, 0.05) is 18.0 Å². The minimum absolute atomic E-state index is 0.0295. The molecule has 0 aliphatic rings. The molecule has 0 unspecified atom stereocenters. The van der Waals surface area contributed by atoms with Gasteiger partial charge in [0.1, 0.15) is 5.75 Å². The molecule has 0 aliphatic carbocycles. The van der Waals surface area contributed by atoms with Gasteiger partial charge in [-0.05, 0) is 50.6 Å². The highest BCUT2D eigenvalue weighted by Crippen LogP contribution is 2.15. The maximum absolute atomic E-state index is 11.8. The Morgan fingerprint density at radius 1 is 1.06 bits per heavy atom. The Labute approximate surface area is 107 Å². The summed E-state index contributed by atoms with van der Waals surface area (Å²) in [6, 6.07) is 10.9. The molecule has 0 N–H and O–H groups in total. The van der Waals surface area contributed by atoms with Gasteiger partial charge in [0.15, 0.2) is 0 Å². The first kappa shape index (κ1) is 12.4. The number of rotatable bonds is 3. The first-order valence-corrected chi connectivity index (χ1v) is 6.02. The Morgan fingerprint density at radius 3 is 2.33 bits per heavy atom. The van der Waals surface area contributed by atoms with Crippen LogP contribution in [-0.4, -0.2) is 10.7 Å². The average molecular weight is 243 g/mol. The van der Waals surface area contributed by atoms with Crippen molar-refractivity contribution in [1.29, 1.82) is 0 Å². The fourth-order valence-corrected chi connectivity index (χ4v) is 1.75. The fourth-order valence-electron chi connectivity index (χ4n) is 1.75. The lowest BCUT2D eigenvalue weighted by Crippen LogP contribution is -2.16. The van der Waals surface area contributed by atoms with Gasteiger partial charge in [-0.15, -0.1) is 0 Å². The molecule has 1 heterocycles. The van der Waals surface area contributed by atoms with E-state index in [4.69, 9.17) is 4.74 Å². The summed E-state index contributed by atoms with van der Waals surface area (Å²) in [5.41, 5.74) is 1.87. The van der Waals surface area contributed by atoms with Crippen molar-refractivity contribution in [1.82, 2.24) is 4.57 Å². The maximum atomic E-state index is 11.8. The van der Waals surface area contributed by atoms with E-state index in [1.807, 2.05) is 57.3 Å². The molecule has 0 amide bonds. The van der Waals surface area contributed by atoms with Crippen LogP contribution in [0.2, 0.25) is 0 Å². The second-order valence-corrected chi connectivity index (χ2v) is 4.58. The van der Waals surface area contributed by atoms with Crippen LogP contribution in [0.1, 0.15) is 19.4 Å². The third kappa shape index (κ3) is 2.80. The van der Waals surface area contributed by atoms with E-state index in [-0.39, 0.29) is 11.7 Å². The van der Waals surface area contributed by atoms with Crippen molar-refractivity contribution in [3.8, 4) is 11.4 Å². The number of hydrogen-bond acceptors (Lipinski definition) is 2. The molecule has 2 aromatic rings. The largest absolute Gasteiger partial charge is 0.491 e. The lowest BCUT2D eigenvalue weighted by Gasteiger charge is -2.11. The molecular weight excluding hydrogens is 226 g/mol. The van der Waals surface area contributed by atoms with Gasteiger partial charge in [-0.25, -0.2) is 0 Å². The van der Waals surface area contributed by atoms with E-state index in [9.17, 15) is 4.79 Å². The van der Waals surface area contributed by atoms with Gasteiger partial charge in [0.05, 0.1) is 6.10 Å². The zero-order chi connectivity index (χ0) is 13.1. The third-order valence-corrected chi connectivity index (χ3v) is 2.55. The number of nitrogens with zero attached hydrogens (tertiary/aromatic N) is 1. The topological polar surface area (TPSA) is 31.2 Å². The monoisotopic (exact) mass is 243 g/mol. The standard InChI is InChI=1S/C15H17NO2/c1-11(2)18-14-7-5-13(6-8-14)16-10-12(3)4-9-15(16)17/h4-11H,1-3H3. The van der Waals surface area contributed by atoms with Crippen molar-refractivity contribution >= 4 is 0 Å². The summed E-state index contributed by atoms with van der Waals surface area (Å²) in [6.45, 7) is 5.93. The van der Waals surface area contributed by atoms with Crippen LogP contribution in [0.15, 0.2) is 47.4 Å². The van der Waals surface area contributed by atoms with Crippen molar-refractivity contribution in [3.05, 3.63) is 58.5 Å². The summed E-state index contributed by atoms with van der Waals surface area (Å²) in [7, 11) is 0. The smallest absolute Gasteiger partial charge is 0.255 e. The van der Waals surface area contributed by atoms with Crippen LogP contribution in [0.25, 0.3) is 5.69 Å². The predicted octanol–water partition coefficient (Wildman–Crippen LogP) is 2.93. The van der Waals surface area contributed by atoms with E-state index in [0.29, 0.717) is 0 Å². The summed E-state index contributed by atoms with van der Waals surface area (Å²) in [5.74, 6) is 0.814. The molecular formula is C15H17NO2. The van der Waals surface area contributed by atoms with Gasteiger partial charge in [0.2, 0.25) is 0 Å². The minimum Gasteiger partial charge on any atom is -0.491 e. The van der Waals surface area contributed by atoms with E-state index in [1.165, 1.54) is 0 Å². The molecule has 0 fully saturated rings. The Morgan fingerprint density at radius 2 is 1.72 bits per heavy atom. The molecule has 3 nitrogen and oxygen atoms in total. The Kier molecular flexibility index (Phi) is 3.51. The number of benzene rings is 1. The highest BCUT2D eigenvalue weighted by Gasteiger charge is 2.01. The Balaban J connectivity index is 2.34. The summed E-state index contributed by atoms with van der Waals surface area (Å²) in [6.07, 6.45) is 1.98.